The lowest BCUT2D eigenvalue weighted by molar-refractivity contribution is 0.175. The van der Waals surface area contributed by atoms with Crippen molar-refractivity contribution in [2.45, 2.75) is 38.6 Å². The van der Waals surface area contributed by atoms with E-state index in [0.29, 0.717) is 6.04 Å². The predicted octanol–water partition coefficient (Wildman–Crippen LogP) is 4.22. The van der Waals surface area contributed by atoms with E-state index in [9.17, 15) is 0 Å². The molecule has 1 saturated heterocycles. The molecule has 0 radical (unpaired) electrons. The van der Waals surface area contributed by atoms with Crippen LogP contribution in [0.3, 0.4) is 0 Å². The number of nitrogens with one attached hydrogen (secondary N) is 1. The van der Waals surface area contributed by atoms with Crippen LogP contribution in [0.4, 0.5) is 0 Å². The summed E-state index contributed by atoms with van der Waals surface area (Å²) in [5, 5.41) is 3.46. The number of piperidine rings is 1. The zero-order valence-corrected chi connectivity index (χ0v) is 14.3. The first-order valence-corrected chi connectivity index (χ1v) is 8.67. The van der Waals surface area contributed by atoms with Crippen LogP contribution in [-0.4, -0.2) is 31.6 Å². The number of rotatable bonds is 6. The van der Waals surface area contributed by atoms with Gasteiger partial charge in [0.15, 0.2) is 0 Å². The lowest BCUT2D eigenvalue weighted by Gasteiger charge is -2.32. The van der Waals surface area contributed by atoms with Gasteiger partial charge in [-0.25, -0.2) is 0 Å². The summed E-state index contributed by atoms with van der Waals surface area (Å²) in [6.45, 7) is 6.10. The van der Waals surface area contributed by atoms with Crippen LogP contribution < -0.4 is 5.32 Å². The van der Waals surface area contributed by atoms with Crippen molar-refractivity contribution in [3.05, 3.63) is 34.3 Å². The second-order valence-corrected chi connectivity index (χ2v) is 6.79. The molecule has 0 spiro atoms. The van der Waals surface area contributed by atoms with Crippen LogP contribution in [0.5, 0.6) is 0 Å². The summed E-state index contributed by atoms with van der Waals surface area (Å²) in [5.41, 5.74) is 1.39. The molecule has 1 aliphatic heterocycles. The second kappa shape index (κ2) is 8.16. The molecule has 20 heavy (non-hydrogen) atoms. The Kier molecular flexibility index (Phi) is 6.53. The van der Waals surface area contributed by atoms with Crippen LogP contribution in [-0.2, 0) is 0 Å². The highest BCUT2D eigenvalue weighted by Gasteiger charge is 2.18. The van der Waals surface area contributed by atoms with Gasteiger partial charge in [0.05, 0.1) is 0 Å². The molecule has 2 rings (SSSR count). The van der Waals surface area contributed by atoms with Crippen LogP contribution in [0.25, 0.3) is 0 Å². The molecule has 0 bridgehead atoms. The summed E-state index contributed by atoms with van der Waals surface area (Å²) in [4.78, 5) is 2.63. The highest BCUT2D eigenvalue weighted by atomic mass is 79.9. The Bertz CT molecular complexity index is 382. The third-order valence-electron chi connectivity index (χ3n) is 4.64. The van der Waals surface area contributed by atoms with Crippen molar-refractivity contribution in [3.63, 3.8) is 0 Å². The first-order valence-electron chi connectivity index (χ1n) is 7.88. The fourth-order valence-electron chi connectivity index (χ4n) is 3.10. The van der Waals surface area contributed by atoms with E-state index in [-0.39, 0.29) is 0 Å². The van der Waals surface area contributed by atoms with Crippen LogP contribution in [0.1, 0.15) is 44.2 Å². The molecule has 1 heterocycles. The third kappa shape index (κ3) is 4.57. The highest BCUT2D eigenvalue weighted by Crippen LogP contribution is 2.23. The first-order chi connectivity index (χ1) is 9.72. The molecule has 2 nitrogen and oxygen atoms in total. The number of hydrogen-bond donors (Lipinski definition) is 1. The molecule has 0 saturated carbocycles. The topological polar surface area (TPSA) is 15.3 Å². The van der Waals surface area contributed by atoms with Crippen molar-refractivity contribution in [2.75, 3.05) is 26.7 Å². The van der Waals surface area contributed by atoms with Crippen LogP contribution in [0, 0.1) is 5.92 Å². The van der Waals surface area contributed by atoms with E-state index < -0.39 is 0 Å². The van der Waals surface area contributed by atoms with Gasteiger partial charge in [-0.1, -0.05) is 41.4 Å². The first kappa shape index (κ1) is 16.0. The number of likely N-dealkylation sites (tertiary alicyclic amines) is 1. The van der Waals surface area contributed by atoms with E-state index in [4.69, 9.17) is 0 Å². The number of halogens is 1. The molecule has 1 aromatic rings. The summed E-state index contributed by atoms with van der Waals surface area (Å²) in [5.74, 6) is 0.970. The van der Waals surface area contributed by atoms with Crippen molar-refractivity contribution >= 4 is 15.9 Å². The summed E-state index contributed by atoms with van der Waals surface area (Å²) >= 11 is 3.50. The molecule has 1 N–H and O–H groups in total. The second-order valence-electron chi connectivity index (χ2n) is 5.87. The van der Waals surface area contributed by atoms with E-state index in [1.165, 1.54) is 50.9 Å². The Morgan fingerprint density at radius 3 is 2.45 bits per heavy atom. The van der Waals surface area contributed by atoms with Gasteiger partial charge in [-0.15, -0.1) is 0 Å². The zero-order valence-electron chi connectivity index (χ0n) is 12.7. The molecule has 112 valence electrons. The summed E-state index contributed by atoms with van der Waals surface area (Å²) in [6, 6.07) is 9.16. The minimum atomic E-state index is 0.465. The molecule has 3 heteroatoms. The minimum Gasteiger partial charge on any atom is -0.313 e. The standard InChI is InChI=1S/C17H27BrN2/c1-3-14-8-11-20(12-9-14)13-10-17(19-2)15-4-6-16(18)7-5-15/h4-7,14,17,19H,3,8-13H2,1-2H3. The monoisotopic (exact) mass is 338 g/mol. The maximum absolute atomic E-state index is 3.50. The summed E-state index contributed by atoms with van der Waals surface area (Å²) in [7, 11) is 2.07. The molecule has 0 aliphatic carbocycles. The quantitative estimate of drug-likeness (QED) is 0.835. The molecule has 0 aromatic heterocycles. The number of benzene rings is 1. The molecule has 1 atom stereocenters. The molecule has 1 fully saturated rings. The fourth-order valence-corrected chi connectivity index (χ4v) is 3.37. The van der Waals surface area contributed by atoms with Gasteiger partial charge < -0.3 is 10.2 Å². The highest BCUT2D eigenvalue weighted by molar-refractivity contribution is 9.10. The Labute approximate surface area is 132 Å². The average molecular weight is 339 g/mol. The maximum atomic E-state index is 3.50. The van der Waals surface area contributed by atoms with Gasteiger partial charge >= 0.3 is 0 Å². The van der Waals surface area contributed by atoms with Crippen molar-refractivity contribution in [1.82, 2.24) is 10.2 Å². The maximum Gasteiger partial charge on any atom is 0.0329 e. The van der Waals surface area contributed by atoms with Crippen molar-refractivity contribution < 1.29 is 0 Å². The lowest BCUT2D eigenvalue weighted by atomic mass is 9.94. The smallest absolute Gasteiger partial charge is 0.0329 e. The summed E-state index contributed by atoms with van der Waals surface area (Å²) in [6.07, 6.45) is 5.32. The van der Waals surface area contributed by atoms with Gasteiger partial charge in [-0.3, -0.25) is 0 Å². The Hall–Kier alpha value is -0.380. The van der Waals surface area contributed by atoms with E-state index in [0.717, 1.165) is 10.4 Å². The Balaban J connectivity index is 1.81. The zero-order chi connectivity index (χ0) is 14.4. The largest absolute Gasteiger partial charge is 0.313 e. The van der Waals surface area contributed by atoms with Crippen molar-refractivity contribution in [1.29, 1.82) is 0 Å². The molecular formula is C17H27BrN2. The van der Waals surface area contributed by atoms with E-state index in [2.05, 4.69) is 64.4 Å². The van der Waals surface area contributed by atoms with Gasteiger partial charge in [0.1, 0.15) is 0 Å². The number of hydrogen-bond acceptors (Lipinski definition) is 2. The Morgan fingerprint density at radius 1 is 1.25 bits per heavy atom. The van der Waals surface area contributed by atoms with Crippen LogP contribution >= 0.6 is 15.9 Å². The van der Waals surface area contributed by atoms with Gasteiger partial charge in [0, 0.05) is 10.5 Å². The van der Waals surface area contributed by atoms with Crippen molar-refractivity contribution in [3.8, 4) is 0 Å². The lowest BCUT2D eigenvalue weighted by Crippen LogP contribution is -2.35. The molecular weight excluding hydrogens is 312 g/mol. The van der Waals surface area contributed by atoms with Crippen LogP contribution in [0.15, 0.2) is 28.7 Å². The van der Waals surface area contributed by atoms with Crippen molar-refractivity contribution in [2.24, 2.45) is 5.92 Å². The Morgan fingerprint density at radius 2 is 1.90 bits per heavy atom. The van der Waals surface area contributed by atoms with E-state index in [1.807, 2.05) is 0 Å². The summed E-state index contributed by atoms with van der Waals surface area (Å²) < 4.78 is 1.15. The molecule has 0 amide bonds. The molecule has 1 aromatic carbocycles. The molecule has 1 aliphatic rings. The number of nitrogens with zero attached hydrogens (tertiary/aromatic N) is 1. The van der Waals surface area contributed by atoms with Crippen LogP contribution in [0.2, 0.25) is 0 Å². The van der Waals surface area contributed by atoms with Gasteiger partial charge in [0.25, 0.3) is 0 Å². The van der Waals surface area contributed by atoms with E-state index in [1.54, 1.807) is 0 Å². The minimum absolute atomic E-state index is 0.465. The van der Waals surface area contributed by atoms with Gasteiger partial charge in [-0.2, -0.15) is 0 Å². The van der Waals surface area contributed by atoms with Gasteiger partial charge in [0.2, 0.25) is 0 Å². The predicted molar refractivity (Wildman–Crippen MR) is 90.0 cm³/mol. The normalized spacial score (nSPS) is 19.1. The van der Waals surface area contributed by atoms with Gasteiger partial charge in [-0.05, 0) is 69.6 Å². The fraction of sp³-hybridized carbons (Fsp3) is 0.647. The third-order valence-corrected chi connectivity index (χ3v) is 5.17. The average Bonchev–Trinajstić information content (AvgIpc) is 2.50. The molecule has 1 unspecified atom stereocenters. The van der Waals surface area contributed by atoms with E-state index >= 15 is 0 Å². The SMILES string of the molecule is CCC1CCN(CCC(NC)c2ccc(Br)cc2)CC1.